The van der Waals surface area contributed by atoms with Crippen molar-refractivity contribution in [3.63, 3.8) is 0 Å². The average Bonchev–Trinajstić information content (AvgIpc) is 3.13. The number of alkyl halides is 2. The third kappa shape index (κ3) is 10.7. The van der Waals surface area contributed by atoms with Gasteiger partial charge in [0.15, 0.2) is 8.32 Å². The predicted molar refractivity (Wildman–Crippen MR) is 157 cm³/mol. The Morgan fingerprint density at radius 1 is 1.18 bits per heavy atom. The summed E-state index contributed by atoms with van der Waals surface area (Å²) in [5, 5.41) is 19.6. The number of carboxylic acid groups (broad SMARTS) is 1. The van der Waals surface area contributed by atoms with Gasteiger partial charge in [-0.1, -0.05) is 58.8 Å². The summed E-state index contributed by atoms with van der Waals surface area (Å²) >= 11 is 0. The number of unbranched alkanes of at least 4 members (excludes halogenated alkanes) is 1. The molecule has 0 amide bonds. The molecule has 0 unspecified atom stereocenters. The number of hydrogen-bond donors (Lipinski definition) is 2. The Bertz CT molecular complexity index is 866. The molecule has 0 radical (unpaired) electrons. The van der Waals surface area contributed by atoms with Crippen LogP contribution in [0.25, 0.3) is 0 Å². The van der Waals surface area contributed by atoms with Gasteiger partial charge in [-0.15, -0.1) is 0 Å². The molecule has 1 aliphatic carbocycles. The van der Waals surface area contributed by atoms with Crippen molar-refractivity contribution in [1.29, 1.82) is 0 Å². The average molecular weight is 587 g/mol. The molecule has 0 spiro atoms. The zero-order chi connectivity index (χ0) is 30.0. The van der Waals surface area contributed by atoms with Gasteiger partial charge in [0, 0.05) is 19.3 Å². The van der Waals surface area contributed by atoms with E-state index in [9.17, 15) is 9.90 Å². The van der Waals surface area contributed by atoms with Gasteiger partial charge in [0.05, 0.1) is 18.5 Å². The van der Waals surface area contributed by atoms with E-state index in [0.29, 0.717) is 44.9 Å². The molecule has 2 aliphatic rings. The number of aliphatic hydroxyl groups is 1. The van der Waals surface area contributed by atoms with Crippen molar-refractivity contribution in [2.45, 2.75) is 141 Å². The maximum atomic E-state index is 15.3. The van der Waals surface area contributed by atoms with E-state index in [-0.39, 0.29) is 42.2 Å². The molecule has 0 aromatic carbocycles. The van der Waals surface area contributed by atoms with Crippen LogP contribution in [0.15, 0.2) is 36.6 Å². The lowest BCUT2D eigenvalue weighted by Gasteiger charge is -2.41. The number of halogens is 2. The van der Waals surface area contributed by atoms with Crippen LogP contribution >= 0.6 is 0 Å². The topological polar surface area (TPSA) is 85.2 Å². The van der Waals surface area contributed by atoms with E-state index in [1.165, 1.54) is 0 Å². The lowest BCUT2D eigenvalue weighted by atomic mass is 9.85. The second-order valence-corrected chi connectivity index (χ2v) is 17.6. The second-order valence-electron chi connectivity index (χ2n) is 12.8. The van der Waals surface area contributed by atoms with E-state index in [1.807, 2.05) is 37.4 Å². The fourth-order valence-electron chi connectivity index (χ4n) is 5.32. The first-order chi connectivity index (χ1) is 18.7. The van der Waals surface area contributed by atoms with Gasteiger partial charge >= 0.3 is 5.97 Å². The molecule has 230 valence electrons. The first-order valence-electron chi connectivity index (χ1n) is 14.9. The number of rotatable bonds is 17. The van der Waals surface area contributed by atoms with Crippen LogP contribution < -0.4 is 0 Å². The highest BCUT2D eigenvalue weighted by atomic mass is 28.4. The molecular formula is C31H52F2O6Si. The number of carbonyl (C=O) groups is 1. The molecule has 1 saturated carbocycles. The van der Waals surface area contributed by atoms with E-state index in [1.54, 1.807) is 19.3 Å². The van der Waals surface area contributed by atoms with Gasteiger partial charge < -0.3 is 24.1 Å². The Morgan fingerprint density at radius 2 is 1.90 bits per heavy atom. The highest BCUT2D eigenvalue weighted by Crippen LogP contribution is 2.44. The molecule has 6 atom stereocenters. The van der Waals surface area contributed by atoms with Crippen LogP contribution in [0, 0.1) is 11.8 Å². The smallest absolute Gasteiger partial charge is 0.303 e. The lowest BCUT2D eigenvalue weighted by Crippen LogP contribution is -2.49. The van der Waals surface area contributed by atoms with Crippen LogP contribution in [0.2, 0.25) is 18.1 Å². The predicted octanol–water partition coefficient (Wildman–Crippen LogP) is 7.99. The zero-order valence-electron chi connectivity index (χ0n) is 25.3. The van der Waals surface area contributed by atoms with Crippen molar-refractivity contribution in [2.24, 2.45) is 11.8 Å². The van der Waals surface area contributed by atoms with Gasteiger partial charge in [-0.2, -0.15) is 0 Å². The molecule has 9 heteroatoms. The first-order valence-corrected chi connectivity index (χ1v) is 17.8. The Kier molecular flexibility index (Phi) is 13.5. The number of hydrogen-bond acceptors (Lipinski definition) is 5. The first kappa shape index (κ1) is 34.6. The van der Waals surface area contributed by atoms with E-state index in [0.717, 1.165) is 0 Å². The molecule has 1 aliphatic heterocycles. The molecule has 2 rings (SSSR count). The molecule has 0 bridgehead atoms. The summed E-state index contributed by atoms with van der Waals surface area (Å²) in [4.78, 5) is 10.8. The summed E-state index contributed by atoms with van der Waals surface area (Å²) in [6.07, 6.45) is 12.5. The number of allylic oxidation sites excluding steroid dienone is 4. The Hall–Kier alpha value is -1.55. The Balaban J connectivity index is 2.13. The highest BCUT2D eigenvalue weighted by Gasteiger charge is 2.47. The van der Waals surface area contributed by atoms with Crippen LogP contribution in [-0.2, 0) is 18.7 Å². The van der Waals surface area contributed by atoms with E-state index < -0.39 is 38.7 Å². The summed E-state index contributed by atoms with van der Waals surface area (Å²) in [6.45, 7) is 12.0. The normalized spacial score (nSPS) is 26.4. The molecule has 1 heterocycles. The molecule has 40 heavy (non-hydrogen) atoms. The monoisotopic (exact) mass is 586 g/mol. The van der Waals surface area contributed by atoms with Crippen LogP contribution in [-0.4, -0.2) is 55.0 Å². The number of aliphatic hydroxyl groups excluding tert-OH is 1. The number of carboxylic acids is 1. The zero-order valence-corrected chi connectivity index (χ0v) is 26.3. The second kappa shape index (κ2) is 15.6. The minimum absolute atomic E-state index is 0.0325. The molecule has 2 N–H and O–H groups in total. The minimum Gasteiger partial charge on any atom is -0.481 e. The number of aliphatic carboxylic acids is 1. The summed E-state index contributed by atoms with van der Waals surface area (Å²) in [6, 6.07) is 0. The van der Waals surface area contributed by atoms with Crippen LogP contribution in [0.4, 0.5) is 8.78 Å². The summed E-state index contributed by atoms with van der Waals surface area (Å²) in [5.41, 5.74) is 0. The molecule has 1 fully saturated rings. The Morgan fingerprint density at radius 3 is 2.50 bits per heavy atom. The third-order valence-electron chi connectivity index (χ3n) is 8.61. The summed E-state index contributed by atoms with van der Waals surface area (Å²) in [7, 11) is -2.41. The van der Waals surface area contributed by atoms with Crippen molar-refractivity contribution in [3.05, 3.63) is 36.6 Å². The van der Waals surface area contributed by atoms with Gasteiger partial charge in [0.1, 0.15) is 6.10 Å². The van der Waals surface area contributed by atoms with Crippen molar-refractivity contribution in [3.8, 4) is 0 Å². The van der Waals surface area contributed by atoms with Crippen LogP contribution in [0.3, 0.4) is 0 Å². The molecule has 0 saturated heterocycles. The van der Waals surface area contributed by atoms with Crippen molar-refractivity contribution < 1.29 is 37.7 Å². The SMILES string of the molecule is CCCC(F)(F)[C@@H](CCC[C@H]1[C@@H](C/C=C\CCCC(=O)O)[C@@H](O)C[C@H]1O[C@@H]1C=CC=CO1)O[Si](C)(C)C(C)(C)C. The largest absolute Gasteiger partial charge is 0.481 e. The van der Waals surface area contributed by atoms with Gasteiger partial charge in [-0.3, -0.25) is 4.79 Å². The van der Waals surface area contributed by atoms with Crippen molar-refractivity contribution >= 4 is 14.3 Å². The molecule has 0 aromatic heterocycles. The summed E-state index contributed by atoms with van der Waals surface area (Å²) in [5.74, 6) is -3.83. The van der Waals surface area contributed by atoms with Gasteiger partial charge in [0.25, 0.3) is 5.92 Å². The lowest BCUT2D eigenvalue weighted by molar-refractivity contribution is -0.137. The molecule has 0 aromatic rings. The van der Waals surface area contributed by atoms with E-state index in [4.69, 9.17) is 19.0 Å². The summed E-state index contributed by atoms with van der Waals surface area (Å²) < 4.78 is 48.7. The maximum Gasteiger partial charge on any atom is 0.303 e. The fraction of sp³-hybridized carbons (Fsp3) is 0.774. The quantitative estimate of drug-likeness (QED) is 0.102. The fourth-order valence-corrected chi connectivity index (χ4v) is 6.67. The molecular weight excluding hydrogens is 534 g/mol. The van der Waals surface area contributed by atoms with Crippen LogP contribution in [0.1, 0.15) is 91.9 Å². The number of ether oxygens (including phenoxy) is 2. The van der Waals surface area contributed by atoms with Gasteiger partial charge in [-0.05, 0) is 74.2 Å². The van der Waals surface area contributed by atoms with Crippen molar-refractivity contribution in [1.82, 2.24) is 0 Å². The van der Waals surface area contributed by atoms with Gasteiger partial charge in [0.2, 0.25) is 6.29 Å². The minimum atomic E-state index is -2.90. The van der Waals surface area contributed by atoms with E-state index >= 15 is 8.78 Å². The van der Waals surface area contributed by atoms with E-state index in [2.05, 4.69) is 20.8 Å². The molecule has 6 nitrogen and oxygen atoms in total. The van der Waals surface area contributed by atoms with Crippen molar-refractivity contribution in [2.75, 3.05) is 0 Å². The Labute approximate surface area is 241 Å². The van der Waals surface area contributed by atoms with Gasteiger partial charge in [-0.25, -0.2) is 8.78 Å². The third-order valence-corrected chi connectivity index (χ3v) is 13.1. The maximum absolute atomic E-state index is 15.3. The van der Waals surface area contributed by atoms with Crippen LogP contribution in [0.5, 0.6) is 0 Å². The standard InChI is InChI=1S/C31H52F2O6Si/c1-7-20-31(32,33)27(39-40(5,6)30(2,3)4)17-14-16-24-23(15-10-8-9-11-18-28(35)36)25(34)22-26(24)38-29-19-12-13-21-37-29/h8,10,12-13,19,21,23-27,29,34H,7,9,11,14-18,20,22H2,1-6H3,(H,35,36)/b10-8-/t23-,24+,25+,26-,27-,29-/m1/s1. The highest BCUT2D eigenvalue weighted by molar-refractivity contribution is 6.74.